The van der Waals surface area contributed by atoms with Gasteiger partial charge in [-0.3, -0.25) is 28.4 Å². The fraction of sp³-hybridized carbons (Fsp3) is 0. The molecule has 7 N–H and O–H groups in total. The molecule has 3 aromatic carbocycles. The van der Waals surface area contributed by atoms with E-state index in [2.05, 4.69) is 20.4 Å². The van der Waals surface area contributed by atoms with E-state index in [9.17, 15) is 70.6 Å². The van der Waals surface area contributed by atoms with Gasteiger partial charge >= 0.3 is 124 Å². The van der Waals surface area contributed by atoms with Gasteiger partial charge in [0.05, 0.1) is 10.5 Å². The SMILES string of the molecule is O=C1/C(=N\Nc2c(S(=O)(=O)O)cc3cc(Nc4nc(F)nc(F)c4Cl)ccc3c2O)C=C(S(=O)(=O)O)c2cc(S(=O)(=O)O)cc(S(=O)(=O)O)c21.[Cu].[Na+].[Na+].[Na+].[Na+]. The quantitative estimate of drug-likeness (QED) is 0.0215. The van der Waals surface area contributed by atoms with E-state index in [1.54, 1.807) is 0 Å². The summed E-state index contributed by atoms with van der Waals surface area (Å²) in [6, 6.07) is 4.53. The molecule has 0 atom stereocenters. The van der Waals surface area contributed by atoms with E-state index in [0.717, 1.165) is 18.2 Å². The average molecular weight is 954 g/mol. The molecule has 0 bridgehead atoms. The van der Waals surface area contributed by atoms with Crippen molar-refractivity contribution >= 4 is 96.4 Å². The fourth-order valence-electron chi connectivity index (χ4n) is 4.54. The second kappa shape index (κ2) is 19.9. The number of phenolic OH excluding ortho intramolecular Hbond substituents is 1. The Hall–Kier alpha value is -0.211. The number of nitrogens with zero attached hydrogens (tertiary/aromatic N) is 3. The molecule has 0 fully saturated rings. The molecule has 0 amide bonds. The summed E-state index contributed by atoms with van der Waals surface area (Å²) in [5.74, 6) is -4.55. The van der Waals surface area contributed by atoms with Gasteiger partial charge in [-0.15, -0.1) is 0 Å². The molecule has 1 aromatic heterocycles. The number of anilines is 3. The summed E-state index contributed by atoms with van der Waals surface area (Å²) in [7, 11) is -21.7. The minimum absolute atomic E-state index is 0. The summed E-state index contributed by atoms with van der Waals surface area (Å²) >= 11 is 5.74. The van der Waals surface area contributed by atoms with Crippen molar-refractivity contribution in [1.29, 1.82) is 0 Å². The van der Waals surface area contributed by atoms with Crippen LogP contribution in [0.2, 0.25) is 5.02 Å². The molecule has 31 heteroatoms. The second-order valence-electron chi connectivity index (χ2n) is 9.80. The number of Topliss-reactive ketones (excluding diaryl/α,β-unsaturated/α-hetero) is 1. The van der Waals surface area contributed by atoms with Gasteiger partial charge in [-0.2, -0.15) is 57.5 Å². The Labute approximate surface area is 413 Å². The smallest absolute Gasteiger partial charge is 0.505 e. The largest absolute Gasteiger partial charge is 1.00 e. The molecular weight excluding hydrogens is 940 g/mol. The summed E-state index contributed by atoms with van der Waals surface area (Å²) in [5.41, 5.74) is -2.62. The Balaban J connectivity index is 0.00000583. The molecule has 1 aliphatic rings. The number of allylic oxidation sites excluding steroid dienone is 1. The number of rotatable bonds is 8. The molecule has 5 rings (SSSR count). The molecule has 0 unspecified atom stereocenters. The number of carbonyl (C=O) groups excluding carboxylic acids is 1. The molecule has 55 heavy (non-hydrogen) atoms. The molecule has 0 aliphatic heterocycles. The number of aromatic hydroxyl groups is 1. The summed E-state index contributed by atoms with van der Waals surface area (Å²) in [4.78, 5) is 14.1. The zero-order valence-corrected chi connectivity index (χ0v) is 40.8. The van der Waals surface area contributed by atoms with Gasteiger partial charge in [0.25, 0.3) is 40.5 Å². The van der Waals surface area contributed by atoms with Crippen LogP contribution in [0.3, 0.4) is 0 Å². The molecule has 1 radical (unpaired) electrons. The van der Waals surface area contributed by atoms with Gasteiger partial charge < -0.3 is 10.4 Å². The fourth-order valence-corrected chi connectivity index (χ4v) is 7.40. The number of carbonyl (C=O) groups is 1. The number of hydrazone groups is 1. The van der Waals surface area contributed by atoms with Crippen molar-refractivity contribution in [3.63, 3.8) is 0 Å². The van der Waals surface area contributed by atoms with Crippen molar-refractivity contribution in [3.8, 4) is 5.75 Å². The maximum Gasteiger partial charge on any atom is 1.00 e. The molecule has 275 valence electrons. The Kier molecular flexibility index (Phi) is 19.8. The third-order valence-corrected chi connectivity index (χ3v) is 10.4. The monoisotopic (exact) mass is 952 g/mol. The number of phenols is 1. The zero-order valence-electron chi connectivity index (χ0n) is 27.9. The van der Waals surface area contributed by atoms with Crippen LogP contribution in [-0.2, 0) is 57.5 Å². The molecule has 1 aliphatic carbocycles. The number of ketones is 1. The molecule has 0 saturated carbocycles. The summed E-state index contributed by atoms with van der Waals surface area (Å²) in [6.45, 7) is 0. The van der Waals surface area contributed by atoms with Crippen LogP contribution in [0.5, 0.6) is 5.75 Å². The standard InChI is InChI=1S/C24H14ClF2N5O14S4.Cu.4Na/c25-18-22(26)29-24(27)30-23(18)28-9-1-2-11-8(3-9)4-16(50(44,45)46)19(20(11)33)32-31-13-7-14(48(38,39)40)12-5-10(47(35,36)37)6-15(49(41,42)43)17(12)21(13)34;;;;;/h1-7,32-33H,(H,28,29,30)(H,35,36,37)(H,38,39,40)(H,41,42,43)(H,44,45,46);;;;;/q;;4*+1/b31-13-;;;;;. The van der Waals surface area contributed by atoms with E-state index in [0.29, 0.717) is 6.07 Å². The second-order valence-corrected chi connectivity index (χ2v) is 15.8. The van der Waals surface area contributed by atoms with Crippen LogP contribution in [0.15, 0.2) is 62.3 Å². The van der Waals surface area contributed by atoms with Gasteiger partial charge in [-0.05, 0) is 47.9 Å². The van der Waals surface area contributed by atoms with Gasteiger partial charge in [0.2, 0.25) is 11.7 Å². The van der Waals surface area contributed by atoms with Crippen LogP contribution in [0.4, 0.5) is 26.0 Å². The Morgan fingerprint density at radius 1 is 0.764 bits per heavy atom. The van der Waals surface area contributed by atoms with Gasteiger partial charge in [0.1, 0.15) is 36.9 Å². The number of benzene rings is 3. The first kappa shape index (κ1) is 54.8. The first-order chi connectivity index (χ1) is 22.9. The molecule has 4 aromatic rings. The van der Waals surface area contributed by atoms with E-state index >= 15 is 0 Å². The molecule has 0 spiro atoms. The van der Waals surface area contributed by atoms with E-state index in [1.807, 2.05) is 5.43 Å². The van der Waals surface area contributed by atoms with Crippen molar-refractivity contribution in [2.45, 2.75) is 14.7 Å². The minimum atomic E-state index is -5.59. The Bertz CT molecular complexity index is 2750. The number of hydrogen-bond acceptors (Lipinski definition) is 15. The molecular formula is C24H14ClCuF2N5Na4O14S4+4. The van der Waals surface area contributed by atoms with Gasteiger partial charge in [-0.1, -0.05) is 11.6 Å². The molecule has 1 heterocycles. The first-order valence-corrected chi connectivity index (χ1v) is 18.7. The van der Waals surface area contributed by atoms with Crippen molar-refractivity contribution in [2.75, 3.05) is 10.7 Å². The van der Waals surface area contributed by atoms with E-state index in [4.69, 9.17) is 11.6 Å². The zero-order chi connectivity index (χ0) is 37.3. The topological polar surface area (TPSA) is 317 Å². The Morgan fingerprint density at radius 3 is 1.87 bits per heavy atom. The number of aromatic nitrogens is 2. The van der Waals surface area contributed by atoms with E-state index < -0.39 is 117 Å². The molecule has 0 saturated heterocycles. The van der Waals surface area contributed by atoms with Crippen LogP contribution >= 0.6 is 11.6 Å². The normalized spacial score (nSPS) is 13.5. The summed E-state index contributed by atoms with van der Waals surface area (Å²) in [5, 5.41) is 15.8. The number of fused-ring (bicyclic) bond motifs is 2. The van der Waals surface area contributed by atoms with Crippen LogP contribution in [-0.4, -0.2) is 78.5 Å². The van der Waals surface area contributed by atoms with Crippen molar-refractivity contribution in [3.05, 3.63) is 70.6 Å². The minimum Gasteiger partial charge on any atom is -0.505 e. The first-order valence-electron chi connectivity index (χ1n) is 12.5. The van der Waals surface area contributed by atoms with Crippen molar-refractivity contribution in [2.24, 2.45) is 5.10 Å². The maximum atomic E-state index is 13.7. The van der Waals surface area contributed by atoms with Gasteiger partial charge in [0, 0.05) is 33.7 Å². The average Bonchev–Trinajstić information content (AvgIpc) is 2.97. The van der Waals surface area contributed by atoms with Crippen LogP contribution < -0.4 is 129 Å². The number of hydrogen-bond donors (Lipinski definition) is 7. The van der Waals surface area contributed by atoms with Crippen molar-refractivity contribution < 1.29 is 206 Å². The summed E-state index contributed by atoms with van der Waals surface area (Å²) < 4.78 is 163. The van der Waals surface area contributed by atoms with Crippen LogP contribution in [0.1, 0.15) is 15.9 Å². The Morgan fingerprint density at radius 2 is 1.35 bits per heavy atom. The van der Waals surface area contributed by atoms with E-state index in [-0.39, 0.29) is 164 Å². The van der Waals surface area contributed by atoms with Gasteiger partial charge in [0.15, 0.2) is 5.82 Å². The third kappa shape index (κ3) is 12.0. The predicted octanol–water partition coefficient (Wildman–Crippen LogP) is -9.34. The third-order valence-electron chi connectivity index (χ3n) is 6.61. The van der Waals surface area contributed by atoms with Gasteiger partial charge in [-0.25, -0.2) is 0 Å². The number of nitrogens with one attached hydrogen (secondary N) is 2. The maximum absolute atomic E-state index is 13.7. The number of halogens is 3. The van der Waals surface area contributed by atoms with Crippen LogP contribution in [0.25, 0.3) is 15.7 Å². The van der Waals surface area contributed by atoms with Crippen LogP contribution in [0, 0.1) is 12.0 Å². The van der Waals surface area contributed by atoms with Crippen molar-refractivity contribution in [1.82, 2.24) is 9.97 Å². The van der Waals surface area contributed by atoms with E-state index in [1.165, 1.54) is 6.07 Å². The molecule has 19 nitrogen and oxygen atoms in total. The predicted molar refractivity (Wildman–Crippen MR) is 167 cm³/mol. The summed E-state index contributed by atoms with van der Waals surface area (Å²) in [6.07, 6.45) is -1.23.